The van der Waals surface area contributed by atoms with Crippen molar-refractivity contribution in [2.45, 2.75) is 12.7 Å². The molecule has 0 bridgehead atoms. The lowest BCUT2D eigenvalue weighted by atomic mass is 10.2. The molecule has 4 heteroatoms. The first-order valence-electron chi connectivity index (χ1n) is 4.85. The Balaban J connectivity index is 2.46. The van der Waals surface area contributed by atoms with Crippen molar-refractivity contribution in [1.29, 1.82) is 0 Å². The number of nitrogens with two attached hydrogens (primary N) is 1. The molecular formula is C11H15Cl2NS. The van der Waals surface area contributed by atoms with Crippen LogP contribution in [0.2, 0.25) is 10.0 Å². The van der Waals surface area contributed by atoms with E-state index >= 15 is 0 Å². The third kappa shape index (κ3) is 4.64. The van der Waals surface area contributed by atoms with E-state index < -0.39 is 0 Å². The van der Waals surface area contributed by atoms with Crippen molar-refractivity contribution in [2.24, 2.45) is 11.7 Å². The molecule has 0 fully saturated rings. The molecule has 0 heterocycles. The van der Waals surface area contributed by atoms with Gasteiger partial charge in [0.1, 0.15) is 0 Å². The second-order valence-corrected chi connectivity index (χ2v) is 5.47. The highest BCUT2D eigenvalue weighted by Gasteiger charge is 2.03. The topological polar surface area (TPSA) is 26.0 Å². The summed E-state index contributed by atoms with van der Waals surface area (Å²) in [5.41, 5.74) is 6.64. The lowest BCUT2D eigenvalue weighted by Crippen LogP contribution is -2.12. The van der Waals surface area contributed by atoms with Crippen LogP contribution in [0.4, 0.5) is 0 Å². The molecular weight excluding hydrogens is 249 g/mol. The maximum atomic E-state index is 6.05. The molecule has 1 aromatic carbocycles. The summed E-state index contributed by atoms with van der Waals surface area (Å²) in [6.45, 7) is 2.88. The third-order valence-electron chi connectivity index (χ3n) is 2.07. The van der Waals surface area contributed by atoms with Crippen molar-refractivity contribution in [3.63, 3.8) is 0 Å². The monoisotopic (exact) mass is 263 g/mol. The molecule has 1 unspecified atom stereocenters. The van der Waals surface area contributed by atoms with Crippen LogP contribution in [0, 0.1) is 5.92 Å². The molecule has 1 nitrogen and oxygen atoms in total. The molecule has 1 aromatic rings. The van der Waals surface area contributed by atoms with E-state index in [1.807, 2.05) is 23.9 Å². The van der Waals surface area contributed by atoms with Crippen molar-refractivity contribution < 1.29 is 0 Å². The Morgan fingerprint density at radius 1 is 1.40 bits per heavy atom. The molecule has 0 spiro atoms. The van der Waals surface area contributed by atoms with Gasteiger partial charge in [-0.05, 0) is 42.0 Å². The maximum Gasteiger partial charge on any atom is 0.0447 e. The van der Waals surface area contributed by atoms with Gasteiger partial charge in [0, 0.05) is 15.8 Å². The van der Waals surface area contributed by atoms with Gasteiger partial charge in [0.15, 0.2) is 0 Å². The highest BCUT2D eigenvalue weighted by Crippen LogP contribution is 2.25. The van der Waals surface area contributed by atoms with Gasteiger partial charge in [0.05, 0.1) is 0 Å². The summed E-state index contributed by atoms with van der Waals surface area (Å²) < 4.78 is 0. The Hall–Kier alpha value is 0.110. The molecule has 0 saturated carbocycles. The van der Waals surface area contributed by atoms with Crippen LogP contribution in [0.15, 0.2) is 18.2 Å². The highest BCUT2D eigenvalue weighted by atomic mass is 35.5. The Morgan fingerprint density at radius 2 is 2.13 bits per heavy atom. The lowest BCUT2D eigenvalue weighted by Gasteiger charge is -2.08. The van der Waals surface area contributed by atoms with E-state index in [0.717, 1.165) is 33.7 Å². The predicted molar refractivity (Wildman–Crippen MR) is 70.8 cm³/mol. The van der Waals surface area contributed by atoms with E-state index in [1.54, 1.807) is 6.07 Å². The Bertz CT molecular complexity index is 317. The van der Waals surface area contributed by atoms with Crippen LogP contribution in [-0.2, 0) is 5.75 Å². The van der Waals surface area contributed by atoms with E-state index in [2.05, 4.69) is 6.92 Å². The van der Waals surface area contributed by atoms with Gasteiger partial charge >= 0.3 is 0 Å². The first-order chi connectivity index (χ1) is 7.13. The molecule has 0 amide bonds. The summed E-state index contributed by atoms with van der Waals surface area (Å²) in [5, 5.41) is 1.52. The molecule has 0 saturated heterocycles. The van der Waals surface area contributed by atoms with E-state index in [4.69, 9.17) is 28.9 Å². The first-order valence-corrected chi connectivity index (χ1v) is 6.76. The maximum absolute atomic E-state index is 6.05. The van der Waals surface area contributed by atoms with E-state index in [9.17, 15) is 0 Å². The second-order valence-electron chi connectivity index (χ2n) is 3.59. The van der Waals surface area contributed by atoms with Gasteiger partial charge in [-0.2, -0.15) is 11.8 Å². The fourth-order valence-corrected chi connectivity index (χ4v) is 2.67. The number of rotatable bonds is 5. The first kappa shape index (κ1) is 13.2. The zero-order valence-electron chi connectivity index (χ0n) is 8.67. The highest BCUT2D eigenvalue weighted by molar-refractivity contribution is 7.98. The zero-order chi connectivity index (χ0) is 11.3. The summed E-state index contributed by atoms with van der Waals surface area (Å²) in [5.74, 6) is 2.50. The van der Waals surface area contributed by atoms with Crippen LogP contribution in [0.25, 0.3) is 0 Å². The molecule has 1 rings (SSSR count). The molecule has 0 aliphatic rings. The van der Waals surface area contributed by atoms with Gasteiger partial charge in [0.25, 0.3) is 0 Å². The molecule has 1 atom stereocenters. The fraction of sp³-hybridized carbons (Fsp3) is 0.455. The van der Waals surface area contributed by atoms with Gasteiger partial charge in [-0.3, -0.25) is 0 Å². The largest absolute Gasteiger partial charge is 0.330 e. The van der Waals surface area contributed by atoms with Crippen LogP contribution in [-0.4, -0.2) is 12.3 Å². The molecule has 0 aromatic heterocycles. The number of thioether (sulfide) groups is 1. The van der Waals surface area contributed by atoms with Crippen molar-refractivity contribution in [3.05, 3.63) is 33.8 Å². The van der Waals surface area contributed by atoms with Crippen LogP contribution >= 0.6 is 35.0 Å². The average Bonchev–Trinajstić information content (AvgIpc) is 2.23. The average molecular weight is 264 g/mol. The number of halogens is 2. The van der Waals surface area contributed by atoms with E-state index in [1.165, 1.54) is 0 Å². The predicted octanol–water partition coefficient (Wildman–Crippen LogP) is 3.82. The van der Waals surface area contributed by atoms with Gasteiger partial charge in [0.2, 0.25) is 0 Å². The van der Waals surface area contributed by atoms with Crippen molar-refractivity contribution in [2.75, 3.05) is 12.3 Å². The molecule has 0 radical (unpaired) electrons. The SMILES string of the molecule is CC(CN)CSCc1cc(Cl)ccc1Cl. The van der Waals surface area contributed by atoms with E-state index in [-0.39, 0.29) is 0 Å². The Morgan fingerprint density at radius 3 is 2.80 bits per heavy atom. The lowest BCUT2D eigenvalue weighted by molar-refractivity contribution is 0.675. The second kappa shape index (κ2) is 6.64. The molecule has 2 N–H and O–H groups in total. The summed E-state index contributed by atoms with van der Waals surface area (Å²) in [7, 11) is 0. The quantitative estimate of drug-likeness (QED) is 0.874. The molecule has 0 aliphatic heterocycles. The molecule has 0 aliphatic carbocycles. The van der Waals surface area contributed by atoms with Gasteiger partial charge in [-0.25, -0.2) is 0 Å². The van der Waals surface area contributed by atoms with Gasteiger partial charge in [-0.1, -0.05) is 30.1 Å². The van der Waals surface area contributed by atoms with E-state index in [0.29, 0.717) is 5.92 Å². The summed E-state index contributed by atoms with van der Waals surface area (Å²) in [6.07, 6.45) is 0. The number of benzene rings is 1. The normalized spacial score (nSPS) is 12.8. The third-order valence-corrected chi connectivity index (χ3v) is 3.99. The van der Waals surface area contributed by atoms with Crippen LogP contribution in [0.3, 0.4) is 0 Å². The van der Waals surface area contributed by atoms with Crippen molar-refractivity contribution in [3.8, 4) is 0 Å². The molecule has 15 heavy (non-hydrogen) atoms. The van der Waals surface area contributed by atoms with Gasteiger partial charge < -0.3 is 5.73 Å². The van der Waals surface area contributed by atoms with Crippen molar-refractivity contribution >= 4 is 35.0 Å². The molecule has 84 valence electrons. The minimum Gasteiger partial charge on any atom is -0.330 e. The van der Waals surface area contributed by atoms with Crippen LogP contribution < -0.4 is 5.73 Å². The minimum atomic E-state index is 0.549. The smallest absolute Gasteiger partial charge is 0.0447 e. The number of hydrogen-bond acceptors (Lipinski definition) is 2. The standard InChI is InChI=1S/C11H15Cl2NS/c1-8(5-14)6-15-7-9-4-10(12)2-3-11(9)13/h2-4,8H,5-7,14H2,1H3. The van der Waals surface area contributed by atoms with Crippen molar-refractivity contribution in [1.82, 2.24) is 0 Å². The Kier molecular flexibility index (Phi) is 5.83. The van der Waals surface area contributed by atoms with Crippen LogP contribution in [0.5, 0.6) is 0 Å². The number of hydrogen-bond donors (Lipinski definition) is 1. The summed E-state index contributed by atoms with van der Waals surface area (Å²) >= 11 is 13.8. The Labute approximate surface area is 105 Å². The summed E-state index contributed by atoms with van der Waals surface area (Å²) in [6, 6.07) is 5.57. The fourth-order valence-electron chi connectivity index (χ4n) is 1.09. The van der Waals surface area contributed by atoms with Gasteiger partial charge in [-0.15, -0.1) is 0 Å². The zero-order valence-corrected chi connectivity index (χ0v) is 11.0. The van der Waals surface area contributed by atoms with Crippen LogP contribution in [0.1, 0.15) is 12.5 Å². The summed E-state index contributed by atoms with van der Waals surface area (Å²) in [4.78, 5) is 0. The minimum absolute atomic E-state index is 0.549.